The Hall–Kier alpha value is -2.06. The van der Waals surface area contributed by atoms with Crippen LogP contribution in [0.2, 0.25) is 5.02 Å². The first-order chi connectivity index (χ1) is 10.8. The molecule has 1 aromatic heterocycles. The number of ether oxygens (including phenoxy) is 1. The molecule has 0 saturated heterocycles. The molecular weight excluding hydrogens is 350 g/mol. The molecule has 0 aliphatic rings. The third-order valence-corrected chi connectivity index (χ3v) is 4.16. The fourth-order valence-electron chi connectivity index (χ4n) is 2.00. The van der Waals surface area contributed by atoms with E-state index < -0.39 is 34.7 Å². The summed E-state index contributed by atoms with van der Waals surface area (Å²) in [5.74, 6) is -3.67. The second-order valence-corrected chi connectivity index (χ2v) is 5.54. The Kier molecular flexibility index (Phi) is 4.96. The standard InChI is InChI=1S/C14H11ClF2N2O3S/c1-22-12-6(15)4-3-5(7(12)16)10-8(17)9(18)13(23-2)11(19-10)14(20)21/h3-4H,1-2H3,(H2,18,19)(H,20,21). The number of rotatable bonds is 4. The lowest BCUT2D eigenvalue weighted by atomic mass is 10.1. The summed E-state index contributed by atoms with van der Waals surface area (Å²) in [5.41, 5.74) is 3.95. The monoisotopic (exact) mass is 360 g/mol. The van der Waals surface area contributed by atoms with Crippen LogP contribution in [0.5, 0.6) is 5.75 Å². The highest BCUT2D eigenvalue weighted by atomic mass is 35.5. The van der Waals surface area contributed by atoms with Gasteiger partial charge in [0.2, 0.25) is 0 Å². The highest BCUT2D eigenvalue weighted by Gasteiger charge is 2.25. The summed E-state index contributed by atoms with van der Waals surface area (Å²) >= 11 is 6.72. The van der Waals surface area contributed by atoms with Gasteiger partial charge in [0.05, 0.1) is 22.7 Å². The summed E-state index contributed by atoms with van der Waals surface area (Å²) in [7, 11) is 1.20. The number of nitrogens with zero attached hydrogens (tertiary/aromatic N) is 1. The Bertz CT molecular complexity index is 802. The molecule has 5 nitrogen and oxygen atoms in total. The number of benzene rings is 1. The van der Waals surface area contributed by atoms with Crippen LogP contribution < -0.4 is 10.5 Å². The van der Waals surface area contributed by atoms with Crippen LogP contribution in [0, 0.1) is 11.6 Å². The van der Waals surface area contributed by atoms with Crippen molar-refractivity contribution in [2.24, 2.45) is 0 Å². The Morgan fingerprint density at radius 2 is 2.04 bits per heavy atom. The van der Waals surface area contributed by atoms with Gasteiger partial charge < -0.3 is 15.6 Å². The zero-order valence-electron chi connectivity index (χ0n) is 12.0. The van der Waals surface area contributed by atoms with Crippen molar-refractivity contribution in [2.45, 2.75) is 4.90 Å². The van der Waals surface area contributed by atoms with E-state index in [-0.39, 0.29) is 21.2 Å². The van der Waals surface area contributed by atoms with E-state index in [0.717, 1.165) is 11.8 Å². The van der Waals surface area contributed by atoms with Crippen LogP contribution in [0.1, 0.15) is 10.5 Å². The first kappa shape index (κ1) is 17.3. The van der Waals surface area contributed by atoms with Crippen molar-refractivity contribution in [1.82, 2.24) is 4.98 Å². The Morgan fingerprint density at radius 1 is 1.39 bits per heavy atom. The molecule has 0 unspecified atom stereocenters. The predicted octanol–water partition coefficient (Wildman–Crippen LogP) is 3.69. The number of thioether (sulfide) groups is 1. The molecule has 0 aliphatic carbocycles. The topological polar surface area (TPSA) is 85.4 Å². The number of hydrogen-bond acceptors (Lipinski definition) is 5. The van der Waals surface area contributed by atoms with Gasteiger partial charge in [-0.2, -0.15) is 0 Å². The summed E-state index contributed by atoms with van der Waals surface area (Å²) in [6, 6.07) is 2.47. The number of pyridine rings is 1. The van der Waals surface area contributed by atoms with Crippen LogP contribution in [0.3, 0.4) is 0 Å². The number of hydrogen-bond donors (Lipinski definition) is 2. The maximum atomic E-state index is 14.5. The molecule has 122 valence electrons. The average molecular weight is 361 g/mol. The van der Waals surface area contributed by atoms with Crippen molar-refractivity contribution in [3.8, 4) is 17.0 Å². The van der Waals surface area contributed by atoms with Crippen molar-refractivity contribution in [3.63, 3.8) is 0 Å². The largest absolute Gasteiger partial charge is 0.492 e. The van der Waals surface area contributed by atoms with Gasteiger partial charge in [0, 0.05) is 5.56 Å². The molecule has 0 spiro atoms. The molecule has 3 N–H and O–H groups in total. The van der Waals surface area contributed by atoms with E-state index in [4.69, 9.17) is 22.1 Å². The molecule has 0 aliphatic heterocycles. The van der Waals surface area contributed by atoms with Crippen LogP contribution >= 0.6 is 23.4 Å². The number of carboxylic acids is 1. The number of nitrogen functional groups attached to an aromatic ring is 1. The number of nitrogens with two attached hydrogens (primary N) is 1. The summed E-state index contributed by atoms with van der Waals surface area (Å²) < 4.78 is 33.7. The van der Waals surface area contributed by atoms with Crippen LogP contribution in [0.25, 0.3) is 11.3 Å². The first-order valence-electron chi connectivity index (χ1n) is 6.12. The fraction of sp³-hybridized carbons (Fsp3) is 0.143. The molecule has 2 aromatic rings. The molecule has 1 heterocycles. The molecule has 0 atom stereocenters. The molecule has 9 heteroatoms. The van der Waals surface area contributed by atoms with E-state index in [2.05, 4.69) is 4.98 Å². The minimum atomic E-state index is -1.40. The Morgan fingerprint density at radius 3 is 2.57 bits per heavy atom. The molecular formula is C14H11ClF2N2O3S. The van der Waals surface area contributed by atoms with Crippen LogP contribution in [0.4, 0.5) is 14.5 Å². The van der Waals surface area contributed by atoms with E-state index >= 15 is 0 Å². The van der Waals surface area contributed by atoms with Crippen molar-refractivity contribution >= 4 is 35.0 Å². The van der Waals surface area contributed by atoms with Crippen molar-refractivity contribution in [3.05, 3.63) is 34.5 Å². The minimum Gasteiger partial charge on any atom is -0.492 e. The lowest BCUT2D eigenvalue weighted by Crippen LogP contribution is -2.10. The maximum absolute atomic E-state index is 14.5. The van der Waals surface area contributed by atoms with E-state index in [1.54, 1.807) is 0 Å². The number of aromatic nitrogens is 1. The molecule has 2 rings (SSSR count). The van der Waals surface area contributed by atoms with Gasteiger partial charge in [0.1, 0.15) is 5.69 Å². The van der Waals surface area contributed by atoms with E-state index in [1.165, 1.54) is 25.5 Å². The summed E-state index contributed by atoms with van der Waals surface area (Å²) in [6.45, 7) is 0. The molecule has 0 saturated carbocycles. The van der Waals surface area contributed by atoms with Crippen LogP contribution in [-0.2, 0) is 0 Å². The van der Waals surface area contributed by atoms with Gasteiger partial charge in [-0.25, -0.2) is 18.6 Å². The minimum absolute atomic E-state index is 0.0127. The third-order valence-electron chi connectivity index (χ3n) is 3.04. The number of halogens is 3. The molecule has 0 fully saturated rings. The van der Waals surface area contributed by atoms with E-state index in [0.29, 0.717) is 0 Å². The Balaban J connectivity index is 2.82. The van der Waals surface area contributed by atoms with Gasteiger partial charge in [0.15, 0.2) is 23.1 Å². The van der Waals surface area contributed by atoms with Crippen molar-refractivity contribution < 1.29 is 23.4 Å². The third kappa shape index (κ3) is 2.91. The normalized spacial score (nSPS) is 10.7. The zero-order chi connectivity index (χ0) is 17.3. The number of carboxylic acid groups (broad SMARTS) is 1. The van der Waals surface area contributed by atoms with Gasteiger partial charge in [0.25, 0.3) is 0 Å². The second kappa shape index (κ2) is 6.59. The zero-order valence-corrected chi connectivity index (χ0v) is 13.6. The predicted molar refractivity (Wildman–Crippen MR) is 84.3 cm³/mol. The maximum Gasteiger partial charge on any atom is 0.355 e. The van der Waals surface area contributed by atoms with Crippen molar-refractivity contribution in [1.29, 1.82) is 0 Å². The SMILES string of the molecule is COc1c(Cl)ccc(-c2nc(C(=O)O)c(SC)c(N)c2F)c1F. The number of carbonyl (C=O) groups is 1. The Labute approximate surface area is 139 Å². The van der Waals surface area contributed by atoms with Gasteiger partial charge in [-0.1, -0.05) is 11.6 Å². The van der Waals surface area contributed by atoms with Crippen LogP contribution in [0.15, 0.2) is 17.0 Å². The molecule has 0 radical (unpaired) electrons. The summed E-state index contributed by atoms with van der Waals surface area (Å²) in [5, 5.41) is 9.19. The summed E-state index contributed by atoms with van der Waals surface area (Å²) in [4.78, 5) is 15.0. The van der Waals surface area contributed by atoms with Crippen molar-refractivity contribution in [2.75, 3.05) is 19.1 Å². The number of methoxy groups -OCH3 is 1. The van der Waals surface area contributed by atoms with E-state index in [1.807, 2.05) is 0 Å². The van der Waals surface area contributed by atoms with E-state index in [9.17, 15) is 18.7 Å². The van der Waals surface area contributed by atoms with Gasteiger partial charge in [-0.05, 0) is 18.4 Å². The van der Waals surface area contributed by atoms with Gasteiger partial charge in [-0.3, -0.25) is 0 Å². The quantitative estimate of drug-likeness (QED) is 0.809. The molecule has 0 bridgehead atoms. The number of aromatic carboxylic acids is 1. The first-order valence-corrected chi connectivity index (χ1v) is 7.72. The lowest BCUT2D eigenvalue weighted by molar-refractivity contribution is 0.0686. The van der Waals surface area contributed by atoms with Gasteiger partial charge in [-0.15, -0.1) is 11.8 Å². The van der Waals surface area contributed by atoms with Crippen LogP contribution in [-0.4, -0.2) is 29.4 Å². The number of anilines is 1. The summed E-state index contributed by atoms with van der Waals surface area (Å²) in [6.07, 6.45) is 1.53. The molecule has 23 heavy (non-hydrogen) atoms. The highest BCUT2D eigenvalue weighted by Crippen LogP contribution is 2.38. The second-order valence-electron chi connectivity index (χ2n) is 4.32. The fourth-order valence-corrected chi connectivity index (χ4v) is 2.86. The average Bonchev–Trinajstić information content (AvgIpc) is 2.50. The smallest absolute Gasteiger partial charge is 0.355 e. The molecule has 0 amide bonds. The van der Waals surface area contributed by atoms with Gasteiger partial charge >= 0.3 is 5.97 Å². The molecule has 1 aromatic carbocycles. The lowest BCUT2D eigenvalue weighted by Gasteiger charge is -2.13. The highest BCUT2D eigenvalue weighted by molar-refractivity contribution is 7.98.